The summed E-state index contributed by atoms with van der Waals surface area (Å²) in [6, 6.07) is 1.85. The molecule has 8 nitrogen and oxygen atoms in total. The minimum absolute atomic E-state index is 0.0461. The fourth-order valence-electron chi connectivity index (χ4n) is 1.94. The van der Waals surface area contributed by atoms with E-state index in [0.29, 0.717) is 11.7 Å². The number of carbonyl (C=O) groups is 1. The zero-order valence-electron chi connectivity index (χ0n) is 11.2. The van der Waals surface area contributed by atoms with Crippen molar-refractivity contribution in [2.45, 2.75) is 11.7 Å². The van der Waals surface area contributed by atoms with Gasteiger partial charge in [-0.1, -0.05) is 11.8 Å². The highest BCUT2D eigenvalue weighted by atomic mass is 32.2. The van der Waals surface area contributed by atoms with Gasteiger partial charge in [-0.3, -0.25) is 9.78 Å². The van der Waals surface area contributed by atoms with Gasteiger partial charge >= 0.3 is 5.97 Å². The quantitative estimate of drug-likeness (QED) is 0.695. The van der Waals surface area contributed by atoms with Gasteiger partial charge in [0.05, 0.1) is 24.0 Å². The number of aryl methyl sites for hydroxylation is 1. The highest BCUT2D eigenvalue weighted by Crippen LogP contribution is 2.24. The first-order valence-corrected chi connectivity index (χ1v) is 7.11. The van der Waals surface area contributed by atoms with Gasteiger partial charge in [0, 0.05) is 13.2 Å². The van der Waals surface area contributed by atoms with Crippen LogP contribution in [0.3, 0.4) is 0 Å². The van der Waals surface area contributed by atoms with Crippen molar-refractivity contribution in [1.82, 2.24) is 29.3 Å². The smallest absolute Gasteiger partial charge is 0.313 e. The highest BCUT2D eigenvalue weighted by molar-refractivity contribution is 7.99. The molecule has 3 aromatic heterocycles. The predicted molar refractivity (Wildman–Crippen MR) is 76.0 cm³/mol. The average molecular weight is 304 g/mol. The van der Waals surface area contributed by atoms with Gasteiger partial charge in [-0.15, -0.1) is 10.2 Å². The van der Waals surface area contributed by atoms with Crippen LogP contribution in [0.15, 0.2) is 29.9 Å². The number of rotatable bonds is 5. The molecule has 3 heterocycles. The van der Waals surface area contributed by atoms with Crippen LogP contribution in [0.4, 0.5) is 0 Å². The second-order valence-electron chi connectivity index (χ2n) is 4.39. The molecule has 0 aromatic carbocycles. The maximum atomic E-state index is 10.8. The van der Waals surface area contributed by atoms with E-state index in [4.69, 9.17) is 5.11 Å². The molecule has 0 spiro atoms. The Morgan fingerprint density at radius 1 is 1.48 bits per heavy atom. The number of imidazole rings is 1. The van der Waals surface area contributed by atoms with Crippen LogP contribution in [-0.2, 0) is 18.4 Å². The second-order valence-corrected chi connectivity index (χ2v) is 5.33. The number of pyridine rings is 1. The molecule has 108 valence electrons. The summed E-state index contributed by atoms with van der Waals surface area (Å²) in [5.74, 6) is -0.158. The lowest BCUT2D eigenvalue weighted by Gasteiger charge is -2.07. The van der Waals surface area contributed by atoms with Gasteiger partial charge in [0.15, 0.2) is 11.0 Å². The van der Waals surface area contributed by atoms with Crippen LogP contribution >= 0.6 is 11.8 Å². The van der Waals surface area contributed by atoms with Crippen molar-refractivity contribution in [3.8, 4) is 0 Å². The molecule has 1 N–H and O–H groups in total. The van der Waals surface area contributed by atoms with Crippen LogP contribution in [-0.4, -0.2) is 46.1 Å². The number of hydrogen-bond acceptors (Lipinski definition) is 6. The minimum Gasteiger partial charge on any atom is -0.481 e. The molecule has 0 radical (unpaired) electrons. The Balaban J connectivity index is 2.02. The summed E-state index contributed by atoms with van der Waals surface area (Å²) in [5, 5.41) is 17.4. The molecule has 0 saturated heterocycles. The molecule has 0 bridgehead atoms. The zero-order chi connectivity index (χ0) is 14.8. The van der Waals surface area contributed by atoms with Crippen LogP contribution in [0, 0.1) is 0 Å². The topological polar surface area (TPSA) is 98.7 Å². The van der Waals surface area contributed by atoms with Crippen LogP contribution < -0.4 is 0 Å². The lowest BCUT2D eigenvalue weighted by Crippen LogP contribution is -2.08. The summed E-state index contributed by atoms with van der Waals surface area (Å²) in [4.78, 5) is 19.3. The lowest BCUT2D eigenvalue weighted by atomic mass is 10.4. The monoisotopic (exact) mass is 304 g/mol. The Morgan fingerprint density at radius 2 is 2.33 bits per heavy atom. The van der Waals surface area contributed by atoms with Gasteiger partial charge in [0.1, 0.15) is 11.8 Å². The maximum Gasteiger partial charge on any atom is 0.313 e. The highest BCUT2D eigenvalue weighted by Gasteiger charge is 2.14. The fourth-order valence-corrected chi connectivity index (χ4v) is 2.67. The second kappa shape index (κ2) is 5.52. The van der Waals surface area contributed by atoms with Crippen molar-refractivity contribution in [3.63, 3.8) is 0 Å². The normalized spacial score (nSPS) is 11.1. The Kier molecular flexibility index (Phi) is 3.57. The summed E-state index contributed by atoms with van der Waals surface area (Å²) < 4.78 is 3.74. The molecule has 0 amide bonds. The van der Waals surface area contributed by atoms with Crippen LogP contribution in [0.5, 0.6) is 0 Å². The third kappa shape index (κ3) is 2.72. The number of hydrogen-bond donors (Lipinski definition) is 1. The molecule has 0 aliphatic heterocycles. The van der Waals surface area contributed by atoms with E-state index in [0.717, 1.165) is 16.9 Å². The Morgan fingerprint density at radius 3 is 3.05 bits per heavy atom. The molecule has 0 fully saturated rings. The first-order chi connectivity index (χ1) is 10.1. The van der Waals surface area contributed by atoms with Gasteiger partial charge in [-0.2, -0.15) is 0 Å². The van der Waals surface area contributed by atoms with Crippen molar-refractivity contribution in [1.29, 1.82) is 0 Å². The molecule has 3 rings (SSSR count). The van der Waals surface area contributed by atoms with E-state index in [9.17, 15) is 4.79 Å². The van der Waals surface area contributed by atoms with E-state index in [1.54, 1.807) is 18.7 Å². The van der Waals surface area contributed by atoms with E-state index in [2.05, 4.69) is 20.2 Å². The number of aromatic nitrogens is 6. The average Bonchev–Trinajstić information content (AvgIpc) is 3.02. The fraction of sp³-hybridized carbons (Fsp3) is 0.250. The van der Waals surface area contributed by atoms with E-state index in [1.165, 1.54) is 11.8 Å². The van der Waals surface area contributed by atoms with Crippen molar-refractivity contribution in [2.24, 2.45) is 7.05 Å². The van der Waals surface area contributed by atoms with Crippen LogP contribution in [0.2, 0.25) is 0 Å². The maximum absolute atomic E-state index is 10.8. The molecule has 0 aliphatic rings. The molecule has 0 aliphatic carbocycles. The molecule has 0 unspecified atom stereocenters. The molecule has 3 aromatic rings. The van der Waals surface area contributed by atoms with Crippen LogP contribution in [0.1, 0.15) is 5.82 Å². The first-order valence-electron chi connectivity index (χ1n) is 6.13. The van der Waals surface area contributed by atoms with E-state index in [-0.39, 0.29) is 5.75 Å². The van der Waals surface area contributed by atoms with Gasteiger partial charge in [0.2, 0.25) is 0 Å². The Bertz CT molecular complexity index is 796. The van der Waals surface area contributed by atoms with Gasteiger partial charge < -0.3 is 14.2 Å². The van der Waals surface area contributed by atoms with Gasteiger partial charge in [-0.05, 0) is 6.07 Å². The summed E-state index contributed by atoms with van der Waals surface area (Å²) >= 11 is 1.18. The zero-order valence-corrected chi connectivity index (χ0v) is 12.0. The summed E-state index contributed by atoms with van der Waals surface area (Å²) in [6.07, 6.45) is 4.97. The van der Waals surface area contributed by atoms with Crippen molar-refractivity contribution >= 4 is 28.8 Å². The Hall–Kier alpha value is -2.42. The van der Waals surface area contributed by atoms with Crippen molar-refractivity contribution in [2.75, 3.05) is 5.75 Å². The minimum atomic E-state index is -0.879. The van der Waals surface area contributed by atoms with Crippen LogP contribution in [0.25, 0.3) is 11.0 Å². The van der Waals surface area contributed by atoms with E-state index < -0.39 is 5.97 Å². The summed E-state index contributed by atoms with van der Waals surface area (Å²) in [6.45, 7) is 0.471. The molecular weight excluding hydrogens is 292 g/mol. The molecule has 9 heteroatoms. The number of nitrogens with zero attached hydrogens (tertiary/aromatic N) is 6. The lowest BCUT2D eigenvalue weighted by molar-refractivity contribution is -0.133. The largest absolute Gasteiger partial charge is 0.481 e. The van der Waals surface area contributed by atoms with Gasteiger partial charge in [0.25, 0.3) is 0 Å². The van der Waals surface area contributed by atoms with E-state index in [1.807, 2.05) is 22.2 Å². The van der Waals surface area contributed by atoms with E-state index >= 15 is 0 Å². The number of carboxylic acids is 1. The number of carboxylic acid groups (broad SMARTS) is 1. The number of thioether (sulfide) groups is 1. The number of aliphatic carboxylic acids is 1. The first kappa shape index (κ1) is 13.6. The SMILES string of the molecule is Cn1cnnc1Cn1c(SCC(=O)O)nc2cnccc21. The van der Waals surface area contributed by atoms with Crippen molar-refractivity contribution in [3.05, 3.63) is 30.6 Å². The van der Waals surface area contributed by atoms with Gasteiger partial charge in [-0.25, -0.2) is 4.98 Å². The molecule has 21 heavy (non-hydrogen) atoms. The molecular formula is C12H12N6O2S. The number of fused-ring (bicyclic) bond motifs is 1. The summed E-state index contributed by atoms with van der Waals surface area (Å²) in [7, 11) is 1.86. The molecule has 0 saturated carbocycles. The predicted octanol–water partition coefficient (Wildman–Crippen LogP) is 0.785. The third-order valence-electron chi connectivity index (χ3n) is 2.94. The Labute approximate surface area is 123 Å². The third-order valence-corrected chi connectivity index (χ3v) is 3.91. The standard InChI is InChI=1S/C12H12N6O2S/c1-17-7-14-16-10(17)5-18-9-2-3-13-4-8(9)15-12(18)21-6-11(19)20/h2-4,7H,5-6H2,1H3,(H,19,20). The summed E-state index contributed by atoms with van der Waals surface area (Å²) in [5.41, 5.74) is 1.62. The van der Waals surface area contributed by atoms with Crippen molar-refractivity contribution < 1.29 is 9.90 Å². The molecule has 0 atom stereocenters.